The maximum atomic E-state index is 11.3. The topological polar surface area (TPSA) is 49.8 Å². The van der Waals surface area contributed by atoms with E-state index in [1.807, 2.05) is 43.0 Å². The minimum atomic E-state index is -0.716. The van der Waals surface area contributed by atoms with Gasteiger partial charge in [0.15, 0.2) is 0 Å². The van der Waals surface area contributed by atoms with Crippen LogP contribution in [0.15, 0.2) is 24.3 Å². The molecule has 1 unspecified atom stereocenters. The highest BCUT2D eigenvalue weighted by Crippen LogP contribution is 2.25. The fraction of sp³-hybridized carbons (Fsp3) is 0.562. The van der Waals surface area contributed by atoms with Gasteiger partial charge in [0, 0.05) is 12.1 Å². The second-order valence-corrected chi connectivity index (χ2v) is 5.59. The molecule has 0 saturated carbocycles. The first-order chi connectivity index (χ1) is 9.58. The molecular weight excluding hydrogens is 254 g/mol. The molecule has 0 amide bonds. The third-order valence-corrected chi connectivity index (χ3v) is 3.61. The zero-order chi connectivity index (χ0) is 14.5. The van der Waals surface area contributed by atoms with Crippen LogP contribution in [0.25, 0.3) is 0 Å². The van der Waals surface area contributed by atoms with Crippen molar-refractivity contribution in [2.75, 3.05) is 6.54 Å². The number of carbonyl (C=O) groups is 1. The molecule has 1 N–H and O–H groups in total. The highest BCUT2D eigenvalue weighted by atomic mass is 16.5. The zero-order valence-electron chi connectivity index (χ0n) is 12.2. The van der Waals surface area contributed by atoms with Crippen molar-refractivity contribution >= 4 is 5.97 Å². The van der Waals surface area contributed by atoms with Gasteiger partial charge in [0.05, 0.1) is 6.10 Å². The number of likely N-dealkylation sites (tertiary alicyclic amines) is 1. The lowest BCUT2D eigenvalue weighted by atomic mass is 10.0. The summed E-state index contributed by atoms with van der Waals surface area (Å²) in [5.41, 5.74) is 1.06. The molecule has 1 aromatic rings. The van der Waals surface area contributed by atoms with Gasteiger partial charge in [-0.3, -0.25) is 9.69 Å². The summed E-state index contributed by atoms with van der Waals surface area (Å²) in [6, 6.07) is 7.53. The minimum absolute atomic E-state index is 0.118. The molecule has 0 spiro atoms. The van der Waals surface area contributed by atoms with Gasteiger partial charge in [-0.15, -0.1) is 0 Å². The molecule has 1 atom stereocenters. The van der Waals surface area contributed by atoms with E-state index in [0.29, 0.717) is 6.54 Å². The first-order valence-corrected chi connectivity index (χ1v) is 7.29. The number of hydrogen-bond donors (Lipinski definition) is 1. The van der Waals surface area contributed by atoms with Crippen molar-refractivity contribution < 1.29 is 14.6 Å². The van der Waals surface area contributed by atoms with Crippen LogP contribution < -0.4 is 4.74 Å². The van der Waals surface area contributed by atoms with Crippen LogP contribution in [0.1, 0.15) is 38.7 Å². The van der Waals surface area contributed by atoms with Crippen molar-refractivity contribution in [2.45, 2.75) is 51.8 Å². The molecule has 20 heavy (non-hydrogen) atoms. The maximum Gasteiger partial charge on any atom is 0.320 e. The van der Waals surface area contributed by atoms with E-state index in [1.165, 1.54) is 0 Å². The number of piperidine rings is 1. The molecule has 110 valence electrons. The Bertz CT molecular complexity index is 459. The Labute approximate surface area is 120 Å². The zero-order valence-corrected chi connectivity index (χ0v) is 12.2. The van der Waals surface area contributed by atoms with Crippen molar-refractivity contribution in [3.8, 4) is 5.75 Å². The number of benzene rings is 1. The van der Waals surface area contributed by atoms with Crippen LogP contribution in [-0.4, -0.2) is 34.7 Å². The van der Waals surface area contributed by atoms with E-state index in [1.54, 1.807) is 0 Å². The van der Waals surface area contributed by atoms with E-state index < -0.39 is 5.97 Å². The summed E-state index contributed by atoms with van der Waals surface area (Å²) in [6.07, 6.45) is 2.92. The van der Waals surface area contributed by atoms with E-state index in [9.17, 15) is 9.90 Å². The standard InChI is InChI=1S/C16H23NO3/c1-12(2)20-15-9-4-3-7-13(15)11-17-10-6-5-8-14(17)16(18)19/h3-4,7,9,12,14H,5-6,8,10-11H2,1-2H3,(H,18,19). The summed E-state index contributed by atoms with van der Waals surface area (Å²) in [7, 11) is 0. The molecule has 1 fully saturated rings. The van der Waals surface area contributed by atoms with Crippen LogP contribution in [0, 0.1) is 0 Å². The average molecular weight is 277 g/mol. The lowest BCUT2D eigenvalue weighted by Gasteiger charge is -2.33. The molecule has 1 aliphatic heterocycles. The fourth-order valence-corrected chi connectivity index (χ4v) is 2.68. The van der Waals surface area contributed by atoms with Crippen LogP contribution in [0.2, 0.25) is 0 Å². The predicted molar refractivity (Wildman–Crippen MR) is 77.9 cm³/mol. The Morgan fingerprint density at radius 3 is 2.85 bits per heavy atom. The molecular formula is C16H23NO3. The van der Waals surface area contributed by atoms with E-state index in [0.717, 1.165) is 37.1 Å². The lowest BCUT2D eigenvalue weighted by Crippen LogP contribution is -2.44. The summed E-state index contributed by atoms with van der Waals surface area (Å²) in [6.45, 7) is 5.47. The second kappa shape index (κ2) is 6.75. The molecule has 0 aromatic heterocycles. The van der Waals surface area contributed by atoms with Crippen LogP contribution >= 0.6 is 0 Å². The summed E-state index contributed by atoms with van der Waals surface area (Å²) in [5.74, 6) is 0.143. The fourth-order valence-electron chi connectivity index (χ4n) is 2.68. The van der Waals surface area contributed by atoms with E-state index in [2.05, 4.69) is 0 Å². The third kappa shape index (κ3) is 3.73. The van der Waals surface area contributed by atoms with Gasteiger partial charge in [-0.25, -0.2) is 0 Å². The van der Waals surface area contributed by atoms with Crippen LogP contribution in [0.5, 0.6) is 5.75 Å². The van der Waals surface area contributed by atoms with E-state index >= 15 is 0 Å². The Morgan fingerprint density at radius 1 is 1.40 bits per heavy atom. The summed E-state index contributed by atoms with van der Waals surface area (Å²) in [4.78, 5) is 13.4. The highest BCUT2D eigenvalue weighted by Gasteiger charge is 2.28. The lowest BCUT2D eigenvalue weighted by molar-refractivity contribution is -0.144. The maximum absolute atomic E-state index is 11.3. The van der Waals surface area contributed by atoms with Crippen LogP contribution in [-0.2, 0) is 11.3 Å². The van der Waals surface area contributed by atoms with Crippen molar-refractivity contribution in [1.82, 2.24) is 4.90 Å². The largest absolute Gasteiger partial charge is 0.491 e. The number of aliphatic carboxylic acids is 1. The first-order valence-electron chi connectivity index (χ1n) is 7.29. The van der Waals surface area contributed by atoms with Crippen LogP contribution in [0.3, 0.4) is 0 Å². The molecule has 4 nitrogen and oxygen atoms in total. The molecule has 0 bridgehead atoms. The number of ether oxygens (including phenoxy) is 1. The third-order valence-electron chi connectivity index (χ3n) is 3.61. The molecule has 1 saturated heterocycles. The first kappa shape index (κ1) is 14.9. The predicted octanol–water partition coefficient (Wildman–Crippen LogP) is 2.91. The summed E-state index contributed by atoms with van der Waals surface area (Å²) >= 11 is 0. The number of para-hydroxylation sites is 1. The van der Waals surface area contributed by atoms with Gasteiger partial charge < -0.3 is 9.84 Å². The Morgan fingerprint density at radius 2 is 2.15 bits per heavy atom. The molecule has 0 radical (unpaired) electrons. The number of nitrogens with zero attached hydrogens (tertiary/aromatic N) is 1. The number of hydrogen-bond acceptors (Lipinski definition) is 3. The van der Waals surface area contributed by atoms with Crippen molar-refractivity contribution in [1.29, 1.82) is 0 Å². The van der Waals surface area contributed by atoms with Crippen LogP contribution in [0.4, 0.5) is 0 Å². The Hall–Kier alpha value is -1.55. The molecule has 0 aliphatic carbocycles. The normalized spacial score (nSPS) is 20.1. The van der Waals surface area contributed by atoms with Gasteiger partial charge in [-0.2, -0.15) is 0 Å². The quantitative estimate of drug-likeness (QED) is 0.899. The SMILES string of the molecule is CC(C)Oc1ccccc1CN1CCCCC1C(=O)O. The monoisotopic (exact) mass is 277 g/mol. The molecule has 1 aliphatic rings. The number of carboxylic acid groups (broad SMARTS) is 1. The number of carboxylic acids is 1. The molecule has 4 heteroatoms. The Balaban J connectivity index is 2.13. The van der Waals surface area contributed by atoms with Gasteiger partial charge in [-0.1, -0.05) is 24.6 Å². The minimum Gasteiger partial charge on any atom is -0.491 e. The second-order valence-electron chi connectivity index (χ2n) is 5.59. The smallest absolute Gasteiger partial charge is 0.320 e. The summed E-state index contributed by atoms with van der Waals surface area (Å²) in [5, 5.41) is 9.33. The van der Waals surface area contributed by atoms with Gasteiger partial charge in [-0.05, 0) is 39.3 Å². The number of rotatable bonds is 5. The van der Waals surface area contributed by atoms with Crippen molar-refractivity contribution in [3.05, 3.63) is 29.8 Å². The van der Waals surface area contributed by atoms with Gasteiger partial charge in [0.1, 0.15) is 11.8 Å². The molecule has 2 rings (SSSR count). The molecule has 1 aromatic carbocycles. The van der Waals surface area contributed by atoms with Gasteiger partial charge in [0.2, 0.25) is 0 Å². The van der Waals surface area contributed by atoms with E-state index in [-0.39, 0.29) is 12.1 Å². The summed E-state index contributed by atoms with van der Waals surface area (Å²) < 4.78 is 5.81. The Kier molecular flexibility index (Phi) is 5.01. The van der Waals surface area contributed by atoms with Gasteiger partial charge >= 0.3 is 5.97 Å². The van der Waals surface area contributed by atoms with E-state index in [4.69, 9.17) is 4.74 Å². The van der Waals surface area contributed by atoms with Gasteiger partial charge in [0.25, 0.3) is 0 Å². The highest BCUT2D eigenvalue weighted by molar-refractivity contribution is 5.73. The van der Waals surface area contributed by atoms with Crippen molar-refractivity contribution in [3.63, 3.8) is 0 Å². The van der Waals surface area contributed by atoms with Crippen molar-refractivity contribution in [2.24, 2.45) is 0 Å². The average Bonchev–Trinajstić information content (AvgIpc) is 2.41. The molecule has 1 heterocycles.